The normalized spacial score (nSPS) is 21.2. The van der Waals surface area contributed by atoms with E-state index in [1.54, 1.807) is 0 Å². The molecule has 14 nitrogen and oxygen atoms in total. The standard InChI is InChI=1S/C35H49N3O11S/c1-35(2,14-7-4-8-15-36-32(41)20-39)22-37(50(44,45)25-11-12-30-31(18-25)49-23-48-30)19-29(40)27(17-24-9-5-3-6-10-24)38(34(42)43)28-21-47-33-26(28)13-16-46-33/h3,5-6,9-12,18,26-29,33,39-40H,4,7-8,13-17,19-23H2,1-2H3,(H,36,41)(H,42,43)/p-1/t26-,27-,28-,29+,33+/m0/s1. The van der Waals surface area contributed by atoms with Crippen LogP contribution in [0.5, 0.6) is 11.5 Å². The van der Waals surface area contributed by atoms with Crippen molar-refractivity contribution in [3.63, 3.8) is 0 Å². The third kappa shape index (κ3) is 9.25. The molecule has 276 valence electrons. The first-order chi connectivity index (χ1) is 23.9. The Morgan fingerprint density at radius 3 is 2.56 bits per heavy atom. The molecule has 0 bridgehead atoms. The van der Waals surface area contributed by atoms with Gasteiger partial charge in [-0.2, -0.15) is 4.31 Å². The number of ether oxygens (including phenoxy) is 4. The first-order valence-corrected chi connectivity index (χ1v) is 18.6. The Bertz CT molecular complexity index is 1560. The number of aliphatic hydroxyl groups is 2. The molecule has 15 heteroatoms. The number of amides is 2. The van der Waals surface area contributed by atoms with Gasteiger partial charge in [0.15, 0.2) is 17.8 Å². The summed E-state index contributed by atoms with van der Waals surface area (Å²) in [4.78, 5) is 25.3. The molecule has 0 aliphatic carbocycles. The highest BCUT2D eigenvalue weighted by Crippen LogP contribution is 2.38. The van der Waals surface area contributed by atoms with Crippen molar-refractivity contribution >= 4 is 22.0 Å². The van der Waals surface area contributed by atoms with Crippen LogP contribution in [0, 0.1) is 11.3 Å². The minimum absolute atomic E-state index is 0.0243. The second-order valence-corrected chi connectivity index (χ2v) is 15.8. The maximum Gasteiger partial charge on any atom is 0.245 e. The van der Waals surface area contributed by atoms with E-state index in [4.69, 9.17) is 24.1 Å². The molecule has 5 atom stereocenters. The van der Waals surface area contributed by atoms with Gasteiger partial charge in [0.1, 0.15) is 12.7 Å². The Labute approximate surface area is 293 Å². The van der Waals surface area contributed by atoms with Gasteiger partial charge in [-0.1, -0.05) is 57.0 Å². The molecule has 0 radical (unpaired) electrons. The van der Waals surface area contributed by atoms with E-state index in [-0.39, 0.29) is 37.2 Å². The van der Waals surface area contributed by atoms with Crippen molar-refractivity contribution in [2.45, 2.75) is 81.7 Å². The molecule has 3 aliphatic heterocycles. The van der Waals surface area contributed by atoms with Crippen molar-refractivity contribution in [1.29, 1.82) is 0 Å². The average Bonchev–Trinajstić information content (AvgIpc) is 3.84. The van der Waals surface area contributed by atoms with E-state index in [2.05, 4.69) is 5.32 Å². The highest BCUT2D eigenvalue weighted by Gasteiger charge is 2.47. The Morgan fingerprint density at radius 2 is 1.82 bits per heavy atom. The zero-order chi connectivity index (χ0) is 35.9. The van der Waals surface area contributed by atoms with E-state index in [1.807, 2.05) is 44.2 Å². The summed E-state index contributed by atoms with van der Waals surface area (Å²) in [6.45, 7) is 3.83. The zero-order valence-corrected chi connectivity index (χ0v) is 29.4. The fourth-order valence-electron chi connectivity index (χ4n) is 7.03. The molecule has 50 heavy (non-hydrogen) atoms. The van der Waals surface area contributed by atoms with Gasteiger partial charge >= 0.3 is 0 Å². The summed E-state index contributed by atoms with van der Waals surface area (Å²) in [7, 11) is -4.25. The third-order valence-corrected chi connectivity index (χ3v) is 11.4. The summed E-state index contributed by atoms with van der Waals surface area (Å²) in [5.41, 5.74) is 0.204. The lowest BCUT2D eigenvalue weighted by Gasteiger charge is -2.43. The van der Waals surface area contributed by atoms with E-state index in [0.29, 0.717) is 43.9 Å². The summed E-state index contributed by atoms with van der Waals surface area (Å²) < 4.78 is 52.4. The quantitative estimate of drug-likeness (QED) is 0.190. The van der Waals surface area contributed by atoms with Crippen molar-refractivity contribution in [2.24, 2.45) is 11.3 Å². The van der Waals surface area contributed by atoms with Crippen molar-refractivity contribution in [2.75, 3.05) is 46.2 Å². The van der Waals surface area contributed by atoms with Crippen LogP contribution in [0.25, 0.3) is 0 Å². The smallest absolute Gasteiger partial charge is 0.245 e. The number of aliphatic hydroxyl groups excluding tert-OH is 2. The van der Waals surface area contributed by atoms with Gasteiger partial charge in [-0.25, -0.2) is 8.42 Å². The SMILES string of the molecule is CC(C)(CCCCCNC(=O)CO)CN(C[C@@H](O)[C@H](Cc1ccccc1)N(C(=O)[O-])[C@H]1CO[C@H]2OCC[C@H]21)S(=O)(=O)c1ccc2c(c1)OCO2. The minimum atomic E-state index is -4.25. The van der Waals surface area contributed by atoms with E-state index < -0.39 is 65.1 Å². The number of hydrogen-bond acceptors (Lipinski definition) is 11. The van der Waals surface area contributed by atoms with Gasteiger partial charge in [0.05, 0.1) is 36.3 Å². The van der Waals surface area contributed by atoms with Crippen molar-refractivity contribution in [3.8, 4) is 11.5 Å². The molecule has 3 aliphatic rings. The Hall–Kier alpha value is -3.47. The lowest BCUT2D eigenvalue weighted by atomic mass is 9.86. The molecule has 2 amide bonds. The van der Waals surface area contributed by atoms with E-state index >= 15 is 0 Å². The highest BCUT2D eigenvalue weighted by atomic mass is 32.2. The number of hydrogen-bond donors (Lipinski definition) is 3. The van der Waals surface area contributed by atoms with Gasteiger partial charge in [-0.05, 0) is 48.8 Å². The van der Waals surface area contributed by atoms with Crippen LogP contribution in [0.4, 0.5) is 4.79 Å². The van der Waals surface area contributed by atoms with Crippen LogP contribution in [0.15, 0.2) is 53.4 Å². The monoisotopic (exact) mass is 718 g/mol. The van der Waals surface area contributed by atoms with Crippen LogP contribution in [0.2, 0.25) is 0 Å². The molecule has 2 fully saturated rings. The fraction of sp³-hybridized carbons (Fsp3) is 0.600. The van der Waals surface area contributed by atoms with Gasteiger partial charge in [-0.15, -0.1) is 0 Å². The molecular formula is C35H48N3O11S-. The molecule has 0 saturated carbocycles. The first-order valence-electron chi connectivity index (χ1n) is 17.1. The Kier molecular flexibility index (Phi) is 12.6. The van der Waals surface area contributed by atoms with Crippen LogP contribution < -0.4 is 19.9 Å². The number of fused-ring (bicyclic) bond motifs is 2. The molecule has 2 aromatic carbocycles. The number of benzene rings is 2. The van der Waals surface area contributed by atoms with Gasteiger partial charge < -0.3 is 49.3 Å². The molecule has 0 aromatic heterocycles. The number of nitrogens with one attached hydrogen (secondary N) is 1. The van der Waals surface area contributed by atoms with Crippen molar-refractivity contribution < 1.29 is 52.3 Å². The second kappa shape index (κ2) is 16.7. The third-order valence-electron chi connectivity index (χ3n) is 9.64. The van der Waals surface area contributed by atoms with E-state index in [9.17, 15) is 28.2 Å². The van der Waals surface area contributed by atoms with Gasteiger partial charge in [0.25, 0.3) is 0 Å². The minimum Gasteiger partial charge on any atom is -0.530 e. The average molecular weight is 719 g/mol. The van der Waals surface area contributed by atoms with E-state index in [1.165, 1.54) is 22.5 Å². The summed E-state index contributed by atoms with van der Waals surface area (Å²) in [5.74, 6) is 0.0287. The van der Waals surface area contributed by atoms with Gasteiger partial charge in [0.2, 0.25) is 22.7 Å². The first kappa shape index (κ1) is 37.8. The summed E-state index contributed by atoms with van der Waals surface area (Å²) in [5, 5.41) is 36.5. The van der Waals surface area contributed by atoms with Crippen LogP contribution in [-0.2, 0) is 30.7 Å². The molecular weight excluding hydrogens is 670 g/mol. The van der Waals surface area contributed by atoms with Crippen LogP contribution in [0.1, 0.15) is 51.5 Å². The van der Waals surface area contributed by atoms with Crippen LogP contribution >= 0.6 is 0 Å². The lowest BCUT2D eigenvalue weighted by molar-refractivity contribution is -0.273. The predicted octanol–water partition coefficient (Wildman–Crippen LogP) is 1.48. The highest BCUT2D eigenvalue weighted by molar-refractivity contribution is 7.89. The second-order valence-electron chi connectivity index (χ2n) is 13.9. The largest absolute Gasteiger partial charge is 0.530 e. The van der Waals surface area contributed by atoms with Crippen molar-refractivity contribution in [3.05, 3.63) is 54.1 Å². The summed E-state index contributed by atoms with van der Waals surface area (Å²) in [6.07, 6.45) is 0.0369. The predicted molar refractivity (Wildman–Crippen MR) is 178 cm³/mol. The summed E-state index contributed by atoms with van der Waals surface area (Å²) >= 11 is 0. The molecule has 2 saturated heterocycles. The molecule has 5 rings (SSSR count). The van der Waals surface area contributed by atoms with Crippen molar-refractivity contribution in [1.82, 2.24) is 14.5 Å². The number of carbonyl (C=O) groups is 2. The topological polar surface area (TPSA) is 187 Å². The number of carboxylic acid groups (broad SMARTS) is 1. The maximum atomic E-state index is 14.4. The molecule has 0 spiro atoms. The molecule has 2 aromatic rings. The number of sulfonamides is 1. The number of unbranched alkanes of at least 4 members (excludes halogenated alkanes) is 2. The Balaban J connectivity index is 1.41. The van der Waals surface area contributed by atoms with E-state index in [0.717, 1.165) is 23.3 Å². The number of rotatable bonds is 18. The zero-order valence-electron chi connectivity index (χ0n) is 28.6. The maximum absolute atomic E-state index is 14.4. The Morgan fingerprint density at radius 1 is 1.06 bits per heavy atom. The molecule has 3 N–H and O–H groups in total. The lowest BCUT2D eigenvalue weighted by Crippen LogP contribution is -2.61. The van der Waals surface area contributed by atoms with Gasteiger partial charge in [-0.3, -0.25) is 4.79 Å². The molecule has 0 unspecified atom stereocenters. The fourth-order valence-corrected chi connectivity index (χ4v) is 8.69. The number of carbonyl (C=O) groups excluding carboxylic acids is 2. The van der Waals surface area contributed by atoms with Gasteiger partial charge in [0, 0.05) is 31.6 Å². The van der Waals surface area contributed by atoms with Crippen LogP contribution in [0.3, 0.4) is 0 Å². The molecule has 3 heterocycles. The number of nitrogens with zero attached hydrogens (tertiary/aromatic N) is 2. The van der Waals surface area contributed by atoms with Crippen LogP contribution in [-0.4, -0.2) is 111 Å². The summed E-state index contributed by atoms with van der Waals surface area (Å²) in [6, 6.07) is 11.8.